The van der Waals surface area contributed by atoms with Crippen molar-refractivity contribution in [2.24, 2.45) is 5.73 Å². The Hall–Kier alpha value is -1.39. The number of hydrogen-bond donors (Lipinski definition) is 1. The van der Waals surface area contributed by atoms with E-state index in [9.17, 15) is 0 Å². The highest BCUT2D eigenvalue weighted by molar-refractivity contribution is 7.09. The lowest BCUT2D eigenvalue weighted by Gasteiger charge is -2.07. The van der Waals surface area contributed by atoms with E-state index in [4.69, 9.17) is 10.5 Å². The van der Waals surface area contributed by atoms with E-state index in [-0.39, 0.29) is 6.04 Å². The normalized spacial score (nSPS) is 12.4. The lowest BCUT2D eigenvalue weighted by Crippen LogP contribution is -2.18. The van der Waals surface area contributed by atoms with Crippen molar-refractivity contribution in [3.8, 4) is 5.75 Å². The number of nitrogens with two attached hydrogens (primary N) is 1. The topological polar surface area (TPSA) is 48.1 Å². The Kier molecular flexibility index (Phi) is 4.12. The maximum absolute atomic E-state index is 5.72. The molecule has 0 spiro atoms. The highest BCUT2D eigenvalue weighted by Crippen LogP contribution is 2.15. The van der Waals surface area contributed by atoms with Crippen molar-refractivity contribution in [1.29, 1.82) is 0 Å². The number of pyridine rings is 1. The maximum atomic E-state index is 5.72. The van der Waals surface area contributed by atoms with Crippen molar-refractivity contribution in [2.45, 2.75) is 26.0 Å². The fraction of sp³-hybridized carbons (Fsp3) is 0.308. The number of ether oxygens (including phenoxy) is 1. The highest BCUT2D eigenvalue weighted by Gasteiger charge is 2.01. The van der Waals surface area contributed by atoms with Gasteiger partial charge in [-0.1, -0.05) is 6.07 Å². The minimum absolute atomic E-state index is 0.139. The van der Waals surface area contributed by atoms with Crippen LogP contribution in [0.25, 0.3) is 0 Å². The Morgan fingerprint density at radius 1 is 1.41 bits per heavy atom. The Balaban J connectivity index is 1.89. The fourth-order valence-electron chi connectivity index (χ4n) is 1.50. The second-order valence-corrected chi connectivity index (χ2v) is 5.07. The Morgan fingerprint density at radius 3 is 2.88 bits per heavy atom. The van der Waals surface area contributed by atoms with Crippen LogP contribution in [0.3, 0.4) is 0 Å². The van der Waals surface area contributed by atoms with E-state index in [0.29, 0.717) is 6.61 Å². The van der Waals surface area contributed by atoms with Gasteiger partial charge >= 0.3 is 0 Å². The quantitative estimate of drug-likeness (QED) is 0.884. The van der Waals surface area contributed by atoms with Gasteiger partial charge in [0, 0.05) is 23.0 Å². The Bertz CT molecular complexity index is 437. The van der Waals surface area contributed by atoms with Crippen molar-refractivity contribution in [2.75, 3.05) is 0 Å². The summed E-state index contributed by atoms with van der Waals surface area (Å²) >= 11 is 1.69. The van der Waals surface area contributed by atoms with Crippen molar-refractivity contribution >= 4 is 11.3 Å². The second kappa shape index (κ2) is 5.80. The lowest BCUT2D eigenvalue weighted by molar-refractivity contribution is 0.308. The first-order chi connectivity index (χ1) is 8.24. The minimum atomic E-state index is 0.139. The Morgan fingerprint density at radius 2 is 2.29 bits per heavy atom. The molecule has 1 unspecified atom stereocenters. The summed E-state index contributed by atoms with van der Waals surface area (Å²) in [4.78, 5) is 5.53. The maximum Gasteiger partial charge on any atom is 0.138 e. The number of hydrogen-bond acceptors (Lipinski definition) is 4. The van der Waals surface area contributed by atoms with E-state index in [1.165, 1.54) is 4.88 Å². The van der Waals surface area contributed by atoms with E-state index in [0.717, 1.165) is 17.9 Å². The first-order valence-corrected chi connectivity index (χ1v) is 6.47. The first-order valence-electron chi connectivity index (χ1n) is 5.60. The molecular formula is C13H16N2OS. The molecule has 2 aromatic rings. The SMILES string of the molecule is CC(N)Cc1ccc(OCc2cccs2)cn1. The number of aromatic nitrogens is 1. The van der Waals surface area contributed by atoms with Gasteiger partial charge in [0.15, 0.2) is 0 Å². The molecule has 0 amide bonds. The molecule has 4 heteroatoms. The smallest absolute Gasteiger partial charge is 0.138 e. The van der Waals surface area contributed by atoms with Gasteiger partial charge in [-0.2, -0.15) is 0 Å². The number of nitrogens with zero attached hydrogens (tertiary/aromatic N) is 1. The van der Waals surface area contributed by atoms with Crippen LogP contribution in [0.4, 0.5) is 0 Å². The van der Waals surface area contributed by atoms with Crippen LogP contribution in [0.2, 0.25) is 0 Å². The molecule has 2 rings (SSSR count). The van der Waals surface area contributed by atoms with Gasteiger partial charge in [0.1, 0.15) is 12.4 Å². The zero-order chi connectivity index (χ0) is 12.1. The van der Waals surface area contributed by atoms with Gasteiger partial charge in [-0.15, -0.1) is 11.3 Å². The molecule has 2 aromatic heterocycles. The predicted molar refractivity (Wildman–Crippen MR) is 70.2 cm³/mol. The zero-order valence-electron chi connectivity index (χ0n) is 9.80. The average Bonchev–Trinajstić information content (AvgIpc) is 2.80. The summed E-state index contributed by atoms with van der Waals surface area (Å²) in [5.74, 6) is 0.798. The van der Waals surface area contributed by atoms with Crippen molar-refractivity contribution in [3.63, 3.8) is 0 Å². The molecule has 0 aliphatic heterocycles. The Labute approximate surface area is 105 Å². The molecule has 0 saturated carbocycles. The third-order valence-electron chi connectivity index (χ3n) is 2.29. The molecule has 0 fully saturated rings. The molecule has 2 N–H and O–H groups in total. The van der Waals surface area contributed by atoms with Crippen LogP contribution in [0.15, 0.2) is 35.8 Å². The van der Waals surface area contributed by atoms with Crippen LogP contribution in [0, 0.1) is 0 Å². The fourth-order valence-corrected chi connectivity index (χ4v) is 2.11. The molecule has 17 heavy (non-hydrogen) atoms. The number of thiophene rings is 1. The third kappa shape index (κ3) is 3.84. The molecule has 1 atom stereocenters. The molecule has 90 valence electrons. The summed E-state index contributed by atoms with van der Waals surface area (Å²) in [6.07, 6.45) is 2.55. The zero-order valence-corrected chi connectivity index (χ0v) is 10.6. The van der Waals surface area contributed by atoms with E-state index in [2.05, 4.69) is 11.1 Å². The number of rotatable bonds is 5. The van der Waals surface area contributed by atoms with Gasteiger partial charge in [0.05, 0.1) is 6.20 Å². The molecule has 0 saturated heterocycles. The van der Waals surface area contributed by atoms with Gasteiger partial charge in [-0.05, 0) is 30.5 Å². The molecule has 0 aliphatic rings. The van der Waals surface area contributed by atoms with E-state index < -0.39 is 0 Å². The predicted octanol–water partition coefficient (Wildman–Crippen LogP) is 2.61. The van der Waals surface area contributed by atoms with Gasteiger partial charge in [-0.3, -0.25) is 4.98 Å². The first kappa shape index (κ1) is 12.1. The largest absolute Gasteiger partial charge is 0.486 e. The van der Waals surface area contributed by atoms with Gasteiger partial charge < -0.3 is 10.5 Å². The average molecular weight is 248 g/mol. The summed E-state index contributed by atoms with van der Waals surface area (Å²) in [6.45, 7) is 2.58. The second-order valence-electron chi connectivity index (χ2n) is 4.03. The molecular weight excluding hydrogens is 232 g/mol. The summed E-state index contributed by atoms with van der Waals surface area (Å²) in [6, 6.07) is 8.13. The molecule has 3 nitrogen and oxygen atoms in total. The van der Waals surface area contributed by atoms with Crippen molar-refractivity contribution in [3.05, 3.63) is 46.4 Å². The summed E-state index contributed by atoms with van der Waals surface area (Å²) in [5, 5.41) is 2.04. The third-order valence-corrected chi connectivity index (χ3v) is 3.14. The molecule has 0 bridgehead atoms. The van der Waals surface area contributed by atoms with Crippen LogP contribution in [-0.2, 0) is 13.0 Å². The van der Waals surface area contributed by atoms with E-state index >= 15 is 0 Å². The van der Waals surface area contributed by atoms with E-state index in [1.807, 2.05) is 30.5 Å². The van der Waals surface area contributed by atoms with Crippen LogP contribution in [-0.4, -0.2) is 11.0 Å². The molecule has 0 aromatic carbocycles. The standard InChI is InChI=1S/C13H16N2OS/c1-10(14)7-11-4-5-12(8-15-11)16-9-13-3-2-6-17-13/h2-6,8,10H,7,9,14H2,1H3. The van der Waals surface area contributed by atoms with Crippen molar-refractivity contribution < 1.29 is 4.74 Å². The minimum Gasteiger partial charge on any atom is -0.486 e. The summed E-state index contributed by atoms with van der Waals surface area (Å²) in [5.41, 5.74) is 6.72. The highest BCUT2D eigenvalue weighted by atomic mass is 32.1. The van der Waals surface area contributed by atoms with Crippen LogP contribution < -0.4 is 10.5 Å². The lowest BCUT2D eigenvalue weighted by atomic mass is 10.2. The van der Waals surface area contributed by atoms with Crippen LogP contribution in [0.5, 0.6) is 5.75 Å². The van der Waals surface area contributed by atoms with Crippen LogP contribution in [0.1, 0.15) is 17.5 Å². The van der Waals surface area contributed by atoms with Gasteiger partial charge in [0.2, 0.25) is 0 Å². The summed E-state index contributed by atoms with van der Waals surface area (Å²) < 4.78 is 5.63. The molecule has 0 aliphatic carbocycles. The van der Waals surface area contributed by atoms with Crippen LogP contribution >= 0.6 is 11.3 Å². The van der Waals surface area contributed by atoms with Gasteiger partial charge in [0.25, 0.3) is 0 Å². The monoisotopic (exact) mass is 248 g/mol. The summed E-state index contributed by atoms with van der Waals surface area (Å²) in [7, 11) is 0. The molecule has 2 heterocycles. The van der Waals surface area contributed by atoms with E-state index in [1.54, 1.807) is 17.5 Å². The van der Waals surface area contributed by atoms with Gasteiger partial charge in [-0.25, -0.2) is 0 Å². The molecule has 0 radical (unpaired) electrons. The van der Waals surface area contributed by atoms with Crippen molar-refractivity contribution in [1.82, 2.24) is 4.98 Å².